The lowest BCUT2D eigenvalue weighted by Gasteiger charge is -2.31. The molecule has 0 bridgehead atoms. The number of imide groups is 2. The zero-order valence-corrected chi connectivity index (χ0v) is 17.3. The van der Waals surface area contributed by atoms with E-state index in [2.05, 4.69) is 36.2 Å². The summed E-state index contributed by atoms with van der Waals surface area (Å²) in [6.07, 6.45) is 8.65. The Bertz CT molecular complexity index is 890. The molecule has 1 aromatic rings. The summed E-state index contributed by atoms with van der Waals surface area (Å²) in [5.41, 5.74) is 4.84. The number of urea groups is 1. The molecule has 0 saturated carbocycles. The van der Waals surface area contributed by atoms with Gasteiger partial charge < -0.3 is 4.90 Å². The minimum absolute atomic E-state index is 0.0472. The molecule has 4 amide bonds. The maximum Gasteiger partial charge on any atom is 0.331 e. The average molecular weight is 396 g/mol. The van der Waals surface area contributed by atoms with Gasteiger partial charge in [-0.15, -0.1) is 0 Å². The minimum Gasteiger partial charge on any atom is -0.368 e. The van der Waals surface area contributed by atoms with Gasteiger partial charge in [-0.25, -0.2) is 4.79 Å². The van der Waals surface area contributed by atoms with Crippen molar-refractivity contribution in [3.05, 3.63) is 34.4 Å². The second-order valence-electron chi connectivity index (χ2n) is 8.37. The molecule has 4 rings (SSSR count). The largest absolute Gasteiger partial charge is 0.368 e. The summed E-state index contributed by atoms with van der Waals surface area (Å²) in [5, 5.41) is 2.33. The maximum atomic E-state index is 12.9. The van der Waals surface area contributed by atoms with E-state index < -0.39 is 17.8 Å². The molecule has 154 valence electrons. The molecule has 1 saturated heterocycles. The second kappa shape index (κ2) is 8.01. The summed E-state index contributed by atoms with van der Waals surface area (Å²) < 4.78 is 0. The molecule has 3 heterocycles. The van der Waals surface area contributed by atoms with Gasteiger partial charge in [0, 0.05) is 24.8 Å². The molecule has 3 aliphatic rings. The molecule has 6 nitrogen and oxygen atoms in total. The first-order valence-electron chi connectivity index (χ1n) is 10.8. The third kappa shape index (κ3) is 3.68. The number of amides is 4. The predicted molar refractivity (Wildman–Crippen MR) is 113 cm³/mol. The molecule has 3 aliphatic heterocycles. The van der Waals surface area contributed by atoms with Crippen molar-refractivity contribution in [3.63, 3.8) is 0 Å². The molecule has 1 N–H and O–H groups in total. The van der Waals surface area contributed by atoms with Gasteiger partial charge in [0.1, 0.15) is 5.57 Å². The lowest BCUT2D eigenvalue weighted by Crippen LogP contribution is -2.54. The molecule has 0 radical (unpaired) electrons. The van der Waals surface area contributed by atoms with Gasteiger partial charge in [-0.1, -0.05) is 26.2 Å². The molecule has 1 atom stereocenters. The van der Waals surface area contributed by atoms with Gasteiger partial charge in [-0.3, -0.25) is 19.8 Å². The number of rotatable bonds is 6. The average Bonchev–Trinajstić information content (AvgIpc) is 3.01. The highest BCUT2D eigenvalue weighted by Crippen LogP contribution is 2.40. The van der Waals surface area contributed by atoms with Crippen molar-refractivity contribution in [1.82, 2.24) is 10.2 Å². The third-order valence-corrected chi connectivity index (χ3v) is 6.20. The van der Waals surface area contributed by atoms with E-state index in [0.29, 0.717) is 12.6 Å². The summed E-state index contributed by atoms with van der Waals surface area (Å²) in [6.45, 7) is 5.80. The van der Waals surface area contributed by atoms with Gasteiger partial charge in [-0.05, 0) is 67.5 Å². The van der Waals surface area contributed by atoms with Gasteiger partial charge in [0.05, 0.1) is 0 Å². The van der Waals surface area contributed by atoms with E-state index in [9.17, 15) is 14.4 Å². The molecular weight excluding hydrogens is 366 g/mol. The highest BCUT2D eigenvalue weighted by molar-refractivity contribution is 6.31. The molecular formula is C23H29N3O3. The summed E-state index contributed by atoms with van der Waals surface area (Å²) in [6, 6.07) is 4.07. The molecule has 0 unspecified atom stereocenters. The Morgan fingerprint density at radius 3 is 2.72 bits per heavy atom. The van der Waals surface area contributed by atoms with Crippen LogP contribution in [-0.4, -0.2) is 41.9 Å². The number of nitrogens with one attached hydrogen (secondary N) is 1. The predicted octanol–water partition coefficient (Wildman–Crippen LogP) is 3.43. The third-order valence-electron chi connectivity index (χ3n) is 6.20. The highest BCUT2D eigenvalue weighted by Gasteiger charge is 2.36. The van der Waals surface area contributed by atoms with Gasteiger partial charge >= 0.3 is 6.03 Å². The second-order valence-corrected chi connectivity index (χ2v) is 8.37. The maximum absolute atomic E-state index is 12.9. The van der Waals surface area contributed by atoms with E-state index in [1.165, 1.54) is 21.7 Å². The number of aryl methyl sites for hydroxylation is 1. The van der Waals surface area contributed by atoms with Crippen LogP contribution < -0.4 is 10.2 Å². The van der Waals surface area contributed by atoms with E-state index in [1.54, 1.807) is 6.08 Å². The van der Waals surface area contributed by atoms with Crippen LogP contribution in [0.25, 0.3) is 6.08 Å². The van der Waals surface area contributed by atoms with Crippen molar-refractivity contribution < 1.29 is 14.4 Å². The van der Waals surface area contributed by atoms with Crippen molar-refractivity contribution in [2.75, 3.05) is 18.0 Å². The van der Waals surface area contributed by atoms with Crippen molar-refractivity contribution in [2.24, 2.45) is 0 Å². The molecule has 1 aromatic carbocycles. The van der Waals surface area contributed by atoms with Crippen LogP contribution in [0.3, 0.4) is 0 Å². The minimum atomic E-state index is -0.609. The Labute approximate surface area is 171 Å². The van der Waals surface area contributed by atoms with Crippen LogP contribution in [0.1, 0.15) is 62.6 Å². The molecule has 0 aromatic heterocycles. The number of unbranched alkanes of at least 4 members (excludes halogenated alkanes) is 3. The number of hydrogen-bond acceptors (Lipinski definition) is 4. The normalized spacial score (nSPS) is 22.3. The fourth-order valence-electron chi connectivity index (χ4n) is 4.77. The smallest absolute Gasteiger partial charge is 0.331 e. The van der Waals surface area contributed by atoms with E-state index in [1.807, 2.05) is 0 Å². The molecule has 29 heavy (non-hydrogen) atoms. The lowest BCUT2D eigenvalue weighted by molar-refractivity contribution is -0.130. The zero-order chi connectivity index (χ0) is 20.5. The van der Waals surface area contributed by atoms with E-state index in [0.717, 1.165) is 57.1 Å². The highest BCUT2D eigenvalue weighted by atomic mass is 16.2. The Morgan fingerprint density at radius 1 is 1.14 bits per heavy atom. The number of anilines is 1. The number of carbonyl (C=O) groups excluding carboxylic acids is 3. The van der Waals surface area contributed by atoms with Crippen LogP contribution in [-0.2, 0) is 22.4 Å². The van der Waals surface area contributed by atoms with Crippen molar-refractivity contribution in [3.8, 4) is 0 Å². The van der Waals surface area contributed by atoms with Gasteiger partial charge in [0.15, 0.2) is 0 Å². The topological polar surface area (TPSA) is 69.7 Å². The fourth-order valence-corrected chi connectivity index (χ4v) is 4.77. The first-order chi connectivity index (χ1) is 14.0. The van der Waals surface area contributed by atoms with Crippen LogP contribution in [0.2, 0.25) is 0 Å². The monoisotopic (exact) mass is 395 g/mol. The van der Waals surface area contributed by atoms with Crippen LogP contribution in [0.5, 0.6) is 0 Å². The molecule has 0 aliphatic carbocycles. The van der Waals surface area contributed by atoms with Gasteiger partial charge in [-0.2, -0.15) is 0 Å². The Hall–Kier alpha value is -2.63. The zero-order valence-electron chi connectivity index (χ0n) is 17.3. The summed E-state index contributed by atoms with van der Waals surface area (Å²) in [7, 11) is 0. The Morgan fingerprint density at radius 2 is 1.93 bits per heavy atom. The Kier molecular flexibility index (Phi) is 5.43. The number of barbiturate groups is 1. The van der Waals surface area contributed by atoms with Gasteiger partial charge in [0.2, 0.25) is 0 Å². The summed E-state index contributed by atoms with van der Waals surface area (Å²) >= 11 is 0. The number of benzene rings is 1. The van der Waals surface area contributed by atoms with Crippen LogP contribution in [0, 0.1) is 0 Å². The SMILES string of the molecule is CCCCCCN1C(=O)NC(=O)/C(=C\c2cc3c4c(c2)C[C@@H](C)N4CCC3)C1=O. The van der Waals surface area contributed by atoms with E-state index in [4.69, 9.17) is 0 Å². The van der Waals surface area contributed by atoms with Gasteiger partial charge in [0.25, 0.3) is 11.8 Å². The number of carbonyl (C=O) groups is 3. The fraction of sp³-hybridized carbons (Fsp3) is 0.522. The first kappa shape index (κ1) is 19.7. The molecule has 1 fully saturated rings. The molecule has 0 spiro atoms. The standard InChI is InChI=1S/C23H29N3O3/c1-3-4-5-6-9-26-22(28)19(21(27)24-23(26)29)14-16-12-17-8-7-10-25-15(2)11-18(13-16)20(17)25/h12-15H,3-11H2,1-2H3,(H,24,27,29)/b19-14+/t15-/m1/s1. The van der Waals surface area contributed by atoms with Crippen molar-refractivity contribution in [2.45, 2.75) is 64.8 Å². The lowest BCUT2D eigenvalue weighted by atomic mass is 9.95. The summed E-state index contributed by atoms with van der Waals surface area (Å²) in [5.74, 6) is -1.09. The molecule has 6 heteroatoms. The van der Waals surface area contributed by atoms with Crippen LogP contribution in [0.4, 0.5) is 10.5 Å². The van der Waals surface area contributed by atoms with Crippen LogP contribution >= 0.6 is 0 Å². The van der Waals surface area contributed by atoms with Crippen LogP contribution in [0.15, 0.2) is 17.7 Å². The van der Waals surface area contributed by atoms with E-state index in [-0.39, 0.29) is 5.57 Å². The Balaban J connectivity index is 1.60. The quantitative estimate of drug-likeness (QED) is 0.455. The first-order valence-corrected chi connectivity index (χ1v) is 10.8. The van der Waals surface area contributed by atoms with Crippen molar-refractivity contribution in [1.29, 1.82) is 0 Å². The number of hydrogen-bond donors (Lipinski definition) is 1. The summed E-state index contributed by atoms with van der Waals surface area (Å²) in [4.78, 5) is 41.1. The van der Waals surface area contributed by atoms with Crippen molar-refractivity contribution >= 4 is 29.6 Å². The van der Waals surface area contributed by atoms with E-state index >= 15 is 0 Å². The number of nitrogens with zero attached hydrogens (tertiary/aromatic N) is 2.